The van der Waals surface area contributed by atoms with Crippen LogP contribution in [0.1, 0.15) is 42.5 Å². The lowest BCUT2D eigenvalue weighted by Gasteiger charge is -2.37. The van der Waals surface area contributed by atoms with Crippen LogP contribution in [0.25, 0.3) is 0 Å². The number of fused-ring (bicyclic) bond motifs is 2. The van der Waals surface area contributed by atoms with Crippen molar-refractivity contribution in [2.45, 2.75) is 54.9 Å². The van der Waals surface area contributed by atoms with Crippen LogP contribution in [0.5, 0.6) is 5.75 Å². The van der Waals surface area contributed by atoms with Gasteiger partial charge in [-0.1, -0.05) is 6.42 Å². The highest BCUT2D eigenvalue weighted by Crippen LogP contribution is 2.44. The van der Waals surface area contributed by atoms with Crippen LogP contribution in [-0.4, -0.2) is 28.6 Å². The Bertz CT molecular complexity index is 617. The van der Waals surface area contributed by atoms with Crippen LogP contribution >= 0.6 is 11.8 Å². The molecule has 0 aromatic heterocycles. The summed E-state index contributed by atoms with van der Waals surface area (Å²) < 4.78 is 65.9. The maximum Gasteiger partial charge on any atom is 0.499 e. The molecule has 2 heterocycles. The van der Waals surface area contributed by atoms with E-state index in [1.807, 2.05) is 11.8 Å². The lowest BCUT2D eigenvalue weighted by molar-refractivity contribution is -0.360. The molecule has 3 rings (SSSR count). The largest absolute Gasteiger partial charge is 0.499 e. The van der Waals surface area contributed by atoms with Crippen LogP contribution in [0.15, 0.2) is 24.3 Å². The first-order chi connectivity index (χ1) is 11.7. The topological polar surface area (TPSA) is 26.3 Å². The average Bonchev–Trinajstić information content (AvgIpc) is 2.53. The Labute approximate surface area is 146 Å². The molecule has 1 aromatic carbocycles. The summed E-state index contributed by atoms with van der Waals surface area (Å²) >= 11 is 1.94. The SMILES string of the molecule is O=C(c1ccc(OC(F)(F)C(F)(F)F)cc1)C1CC2CCCC(C1)S2. The molecule has 2 nitrogen and oxygen atoms in total. The lowest BCUT2D eigenvalue weighted by Crippen LogP contribution is -2.41. The molecule has 8 heteroatoms. The van der Waals surface area contributed by atoms with Crippen LogP contribution in [-0.2, 0) is 0 Å². The minimum absolute atomic E-state index is 0.0775. The molecule has 2 unspecified atom stereocenters. The Morgan fingerprint density at radius 3 is 2.08 bits per heavy atom. The number of benzene rings is 1. The third kappa shape index (κ3) is 4.10. The third-order valence-electron chi connectivity index (χ3n) is 4.62. The van der Waals surface area contributed by atoms with E-state index in [-0.39, 0.29) is 11.7 Å². The highest BCUT2D eigenvalue weighted by molar-refractivity contribution is 8.00. The van der Waals surface area contributed by atoms with Gasteiger partial charge in [-0.15, -0.1) is 0 Å². The molecule has 2 aliphatic heterocycles. The summed E-state index contributed by atoms with van der Waals surface area (Å²) in [6.07, 6.45) is -6.08. The number of hydrogen-bond donors (Lipinski definition) is 0. The van der Waals surface area contributed by atoms with E-state index in [1.165, 1.54) is 18.6 Å². The zero-order chi connectivity index (χ0) is 18.2. The molecule has 138 valence electrons. The third-order valence-corrected chi connectivity index (χ3v) is 6.24. The first-order valence-corrected chi connectivity index (χ1v) is 9.03. The summed E-state index contributed by atoms with van der Waals surface area (Å²) in [5.41, 5.74) is 0.317. The van der Waals surface area contributed by atoms with Gasteiger partial charge in [-0.3, -0.25) is 4.79 Å². The normalized spacial score (nSPS) is 27.0. The van der Waals surface area contributed by atoms with Crippen molar-refractivity contribution >= 4 is 17.5 Å². The van der Waals surface area contributed by atoms with Crippen molar-refractivity contribution in [1.82, 2.24) is 0 Å². The molecular weight excluding hydrogens is 363 g/mol. The lowest BCUT2D eigenvalue weighted by atomic mass is 9.84. The number of rotatable bonds is 4. The van der Waals surface area contributed by atoms with Gasteiger partial charge in [0.2, 0.25) is 0 Å². The van der Waals surface area contributed by atoms with E-state index in [0.29, 0.717) is 16.1 Å². The molecule has 2 fully saturated rings. The van der Waals surface area contributed by atoms with Gasteiger partial charge in [0, 0.05) is 22.0 Å². The summed E-state index contributed by atoms with van der Waals surface area (Å²) in [6.45, 7) is 0. The molecule has 0 aliphatic carbocycles. The maximum atomic E-state index is 12.9. The predicted octanol–water partition coefficient (Wildman–Crippen LogP) is 5.47. The molecular formula is C17H17F5O2S. The highest BCUT2D eigenvalue weighted by atomic mass is 32.2. The number of hydrogen-bond acceptors (Lipinski definition) is 3. The number of alkyl halides is 5. The molecule has 2 bridgehead atoms. The van der Waals surface area contributed by atoms with Crippen molar-refractivity contribution in [3.8, 4) is 5.75 Å². The second kappa shape index (κ2) is 6.78. The quantitative estimate of drug-likeness (QED) is 0.512. The van der Waals surface area contributed by atoms with Gasteiger partial charge in [-0.2, -0.15) is 33.7 Å². The fraction of sp³-hybridized carbons (Fsp3) is 0.588. The minimum Gasteiger partial charge on any atom is -0.426 e. The van der Waals surface area contributed by atoms with E-state index in [0.717, 1.165) is 37.8 Å². The Morgan fingerprint density at radius 1 is 1.00 bits per heavy atom. The molecule has 0 radical (unpaired) electrons. The van der Waals surface area contributed by atoms with Crippen molar-refractivity contribution < 1.29 is 31.5 Å². The molecule has 2 saturated heterocycles. The van der Waals surface area contributed by atoms with E-state index in [2.05, 4.69) is 4.74 Å². The average molecular weight is 380 g/mol. The zero-order valence-corrected chi connectivity index (χ0v) is 14.0. The van der Waals surface area contributed by atoms with E-state index >= 15 is 0 Å². The first-order valence-electron chi connectivity index (χ1n) is 8.09. The Kier molecular flexibility index (Phi) is 5.01. The number of carbonyl (C=O) groups excluding carboxylic acids is 1. The van der Waals surface area contributed by atoms with Gasteiger partial charge < -0.3 is 4.74 Å². The molecule has 2 aliphatic rings. The maximum absolute atomic E-state index is 12.9. The van der Waals surface area contributed by atoms with Crippen LogP contribution in [0.4, 0.5) is 22.0 Å². The molecule has 1 aromatic rings. The standard InChI is InChI=1S/C17H17F5O2S/c18-16(19,20)17(21,22)24-12-6-4-10(5-7-12)15(23)11-8-13-2-1-3-14(9-11)25-13/h4-7,11,13-14H,1-3,8-9H2. The number of ketones is 1. The second-order valence-corrected chi connectivity index (χ2v) is 8.09. The summed E-state index contributed by atoms with van der Waals surface area (Å²) in [5, 5.41) is 0.962. The van der Waals surface area contributed by atoms with Crippen molar-refractivity contribution in [3.63, 3.8) is 0 Å². The summed E-state index contributed by atoms with van der Waals surface area (Å²) in [5.74, 6) is -0.818. The fourth-order valence-corrected chi connectivity index (χ4v) is 5.24. The van der Waals surface area contributed by atoms with Crippen molar-refractivity contribution in [3.05, 3.63) is 29.8 Å². The van der Waals surface area contributed by atoms with Gasteiger partial charge in [0.25, 0.3) is 0 Å². The number of ether oxygens (including phenoxy) is 1. The van der Waals surface area contributed by atoms with Crippen molar-refractivity contribution in [2.75, 3.05) is 0 Å². The Morgan fingerprint density at radius 2 is 1.56 bits per heavy atom. The molecule has 0 saturated carbocycles. The van der Waals surface area contributed by atoms with Gasteiger partial charge in [0.15, 0.2) is 5.78 Å². The van der Waals surface area contributed by atoms with Gasteiger partial charge in [0.05, 0.1) is 0 Å². The second-order valence-electron chi connectivity index (χ2n) is 6.48. The zero-order valence-electron chi connectivity index (χ0n) is 13.2. The van der Waals surface area contributed by atoms with Crippen LogP contribution in [0.3, 0.4) is 0 Å². The molecule has 0 amide bonds. The first kappa shape index (κ1) is 18.5. The van der Waals surface area contributed by atoms with Crippen molar-refractivity contribution in [1.29, 1.82) is 0 Å². The molecule has 2 atom stereocenters. The minimum atomic E-state index is -5.79. The van der Waals surface area contributed by atoms with E-state index < -0.39 is 18.0 Å². The fourth-order valence-electron chi connectivity index (χ4n) is 3.40. The van der Waals surface area contributed by atoms with Gasteiger partial charge in [0.1, 0.15) is 5.75 Å². The smallest absolute Gasteiger partial charge is 0.426 e. The Hall–Kier alpha value is -1.31. The van der Waals surface area contributed by atoms with Crippen LogP contribution in [0.2, 0.25) is 0 Å². The predicted molar refractivity (Wildman–Crippen MR) is 84.1 cm³/mol. The Balaban J connectivity index is 1.67. The van der Waals surface area contributed by atoms with E-state index in [1.54, 1.807) is 0 Å². The highest BCUT2D eigenvalue weighted by Gasteiger charge is 2.61. The van der Waals surface area contributed by atoms with Crippen LogP contribution < -0.4 is 4.74 Å². The van der Waals surface area contributed by atoms with Gasteiger partial charge >= 0.3 is 12.3 Å². The number of carbonyl (C=O) groups is 1. The van der Waals surface area contributed by atoms with Crippen LogP contribution in [0, 0.1) is 5.92 Å². The summed E-state index contributed by atoms with van der Waals surface area (Å²) in [4.78, 5) is 12.6. The van der Waals surface area contributed by atoms with Gasteiger partial charge in [-0.25, -0.2) is 0 Å². The molecule has 0 N–H and O–H groups in total. The number of Topliss-reactive ketones (excluding diaryl/α,β-unsaturated/α-hetero) is 1. The molecule has 25 heavy (non-hydrogen) atoms. The molecule has 0 spiro atoms. The monoisotopic (exact) mass is 380 g/mol. The van der Waals surface area contributed by atoms with Crippen molar-refractivity contribution in [2.24, 2.45) is 5.92 Å². The summed E-state index contributed by atoms with van der Waals surface area (Å²) in [6, 6.07) is 4.46. The van der Waals surface area contributed by atoms with E-state index in [4.69, 9.17) is 0 Å². The summed E-state index contributed by atoms with van der Waals surface area (Å²) in [7, 11) is 0. The van der Waals surface area contributed by atoms with Gasteiger partial charge in [-0.05, 0) is 49.9 Å². The number of halogens is 5. The van der Waals surface area contributed by atoms with E-state index in [9.17, 15) is 26.7 Å². The number of thioether (sulfide) groups is 1.